The van der Waals surface area contributed by atoms with E-state index in [1.807, 2.05) is 20.8 Å². The number of phenols is 1. The van der Waals surface area contributed by atoms with Gasteiger partial charge in [-0.1, -0.05) is 52.8 Å². The van der Waals surface area contributed by atoms with Gasteiger partial charge in [-0.2, -0.15) is 0 Å². The number of Topliss-reactive ketones (excluding diaryl/α,β-unsaturated/α-hetero) is 2. The van der Waals surface area contributed by atoms with Crippen LogP contribution in [0, 0.1) is 36.5 Å². The van der Waals surface area contributed by atoms with Gasteiger partial charge in [0.25, 0.3) is 11.7 Å². The molecule has 1 aliphatic carbocycles. The third-order valence-electron chi connectivity index (χ3n) is 10.1. The molecule has 0 saturated heterocycles. The lowest BCUT2D eigenvalue weighted by atomic mass is 9.74. The number of ether oxygens (including phenoxy) is 3. The van der Waals surface area contributed by atoms with E-state index < -0.39 is 64.6 Å². The monoisotopic (exact) mass is 651 g/mol. The number of hydrogen-bond acceptors (Lipinski definition) is 10. The molecule has 254 valence electrons. The summed E-state index contributed by atoms with van der Waals surface area (Å²) in [7, 11) is 1.53. The number of amides is 1. The van der Waals surface area contributed by atoms with E-state index in [-0.39, 0.29) is 57.4 Å². The SMILES string of the molecule is CO[C@H]1/C=C/O[C@@]2(C)Oc3c(C)c(O)c4c(c3C2=O)C(=O)C=C(NC(=O)/C(C)=C/C=C/[C@H](C)[C@H](O)[C@@H](C)[C@@H](O)[C@@H](C)[C@H](C)[C@@H]1C)C4=O. The number of benzene rings is 1. The van der Waals surface area contributed by atoms with Crippen LogP contribution >= 0.6 is 0 Å². The van der Waals surface area contributed by atoms with Gasteiger partial charge in [-0.3, -0.25) is 19.2 Å². The van der Waals surface area contributed by atoms with Crippen molar-refractivity contribution < 1.29 is 48.7 Å². The first-order valence-electron chi connectivity index (χ1n) is 15.8. The molecule has 0 aromatic heterocycles. The van der Waals surface area contributed by atoms with Gasteiger partial charge in [-0.25, -0.2) is 0 Å². The second-order valence-corrected chi connectivity index (χ2v) is 13.2. The second kappa shape index (κ2) is 13.6. The number of nitrogens with one attached hydrogen (secondary N) is 1. The normalized spacial score (nSPS) is 36.1. The number of carbonyl (C=O) groups excluding carboxylic acids is 4. The fourth-order valence-corrected chi connectivity index (χ4v) is 6.44. The molecule has 11 heteroatoms. The van der Waals surface area contributed by atoms with E-state index in [1.165, 1.54) is 40.2 Å². The number of hydrogen-bond donors (Lipinski definition) is 4. The van der Waals surface area contributed by atoms with Crippen molar-refractivity contribution in [3.05, 3.63) is 70.2 Å². The molecule has 1 aromatic carbocycles. The van der Waals surface area contributed by atoms with Gasteiger partial charge in [0, 0.05) is 43.1 Å². The van der Waals surface area contributed by atoms with E-state index >= 15 is 0 Å². The van der Waals surface area contributed by atoms with E-state index in [4.69, 9.17) is 14.2 Å². The van der Waals surface area contributed by atoms with Gasteiger partial charge < -0.3 is 34.8 Å². The minimum absolute atomic E-state index is 0.0548. The maximum absolute atomic E-state index is 13.8. The van der Waals surface area contributed by atoms with Crippen LogP contribution in [0.1, 0.15) is 85.1 Å². The summed E-state index contributed by atoms with van der Waals surface area (Å²) in [5.41, 5.74) is -1.05. The first-order valence-corrected chi connectivity index (χ1v) is 15.8. The Morgan fingerprint density at radius 1 is 0.872 bits per heavy atom. The molecular formula is C36H45NO10. The molecule has 5 rings (SSSR count). The van der Waals surface area contributed by atoms with Crippen LogP contribution < -0.4 is 10.1 Å². The lowest BCUT2D eigenvalue weighted by Gasteiger charge is -2.37. The standard InChI is InChI=1S/C36H45NO10/c1-16-11-10-12-17(2)35(44)37-23-15-24(38)26-27(32(23)42)31(41)22(7)33-28(26)34(43)36(8,47-33)46-14-13-25(45-9)19(4)18(3)20(5)30(40)21(6)29(16)39/h10-16,18-21,25,29-30,39-41H,1-9H3,(H,37,44)/b11-10+,14-13+,17-12+/t16-,18+,19-,20-,21+,25-,29-,30-,36-/m0/s1. The Labute approximate surface area is 275 Å². The molecule has 1 amide bonds. The van der Waals surface area contributed by atoms with Crippen molar-refractivity contribution in [3.63, 3.8) is 0 Å². The van der Waals surface area contributed by atoms with E-state index in [0.717, 1.165) is 6.08 Å². The van der Waals surface area contributed by atoms with Crippen LogP contribution in [0.15, 0.2) is 47.9 Å². The number of rotatable bonds is 1. The van der Waals surface area contributed by atoms with E-state index in [0.29, 0.717) is 0 Å². The van der Waals surface area contributed by atoms with Crippen LogP contribution in [-0.2, 0) is 14.3 Å². The number of aliphatic hydroxyl groups excluding tert-OH is 2. The summed E-state index contributed by atoms with van der Waals surface area (Å²) in [5.74, 6) is -6.92. The molecule has 0 spiro atoms. The molecule has 0 unspecified atom stereocenters. The topological polar surface area (TPSA) is 169 Å². The van der Waals surface area contributed by atoms with Gasteiger partial charge in [0.15, 0.2) is 5.78 Å². The van der Waals surface area contributed by atoms with Crippen LogP contribution in [0.3, 0.4) is 0 Å². The van der Waals surface area contributed by atoms with Crippen LogP contribution in [0.4, 0.5) is 0 Å². The Bertz CT molecular complexity index is 1600. The molecule has 11 nitrogen and oxygen atoms in total. The molecule has 1 aromatic rings. The Kier molecular flexibility index (Phi) is 10.3. The molecule has 0 fully saturated rings. The van der Waals surface area contributed by atoms with Crippen molar-refractivity contribution in [1.82, 2.24) is 5.32 Å². The molecule has 4 N–H and O–H groups in total. The van der Waals surface area contributed by atoms with Gasteiger partial charge >= 0.3 is 5.79 Å². The van der Waals surface area contributed by atoms with Crippen molar-refractivity contribution in [2.45, 2.75) is 79.5 Å². The predicted molar refractivity (Wildman–Crippen MR) is 173 cm³/mol. The highest BCUT2D eigenvalue weighted by atomic mass is 16.7. The van der Waals surface area contributed by atoms with Crippen molar-refractivity contribution in [1.29, 1.82) is 0 Å². The molecular weight excluding hydrogens is 606 g/mol. The number of phenolic OH excluding ortho intramolecular Hbond substituents is 1. The van der Waals surface area contributed by atoms with Gasteiger partial charge in [0.2, 0.25) is 5.78 Å². The zero-order valence-electron chi connectivity index (χ0n) is 28.3. The maximum atomic E-state index is 13.8. The molecule has 9 atom stereocenters. The van der Waals surface area contributed by atoms with Gasteiger partial charge in [-0.05, 0) is 37.7 Å². The summed E-state index contributed by atoms with van der Waals surface area (Å²) in [5, 5.41) is 35.9. The van der Waals surface area contributed by atoms with E-state index in [1.54, 1.807) is 32.1 Å². The average molecular weight is 652 g/mol. The minimum atomic E-state index is -1.94. The number of aromatic hydroxyl groups is 1. The van der Waals surface area contributed by atoms with Gasteiger partial charge in [0.1, 0.15) is 11.5 Å². The molecule has 5 bridgehead atoms. The molecule has 3 aliphatic heterocycles. The summed E-state index contributed by atoms with van der Waals surface area (Å²) in [6, 6.07) is 0. The Morgan fingerprint density at radius 3 is 2.17 bits per heavy atom. The maximum Gasteiger partial charge on any atom is 0.312 e. The first kappa shape index (κ1) is 35.8. The van der Waals surface area contributed by atoms with Gasteiger partial charge in [0.05, 0.1) is 47.0 Å². The average Bonchev–Trinajstić information content (AvgIpc) is 3.30. The highest BCUT2D eigenvalue weighted by molar-refractivity contribution is 6.30. The van der Waals surface area contributed by atoms with Crippen molar-refractivity contribution >= 4 is 23.3 Å². The Morgan fingerprint density at radius 2 is 1.53 bits per heavy atom. The van der Waals surface area contributed by atoms with E-state index in [2.05, 4.69) is 5.32 Å². The highest BCUT2D eigenvalue weighted by Gasteiger charge is 2.51. The zero-order valence-corrected chi connectivity index (χ0v) is 28.3. The lowest BCUT2D eigenvalue weighted by Crippen LogP contribution is -2.41. The number of fused-ring (bicyclic) bond motifs is 14. The molecule has 3 heterocycles. The fraction of sp³-hybridized carbons (Fsp3) is 0.500. The Hall–Kier alpha value is -4.06. The third-order valence-corrected chi connectivity index (χ3v) is 10.1. The number of ketones is 3. The van der Waals surface area contributed by atoms with Crippen LogP contribution in [-0.4, -0.2) is 69.8 Å². The molecule has 47 heavy (non-hydrogen) atoms. The van der Waals surface area contributed by atoms with Crippen LogP contribution in [0.25, 0.3) is 0 Å². The summed E-state index contributed by atoms with van der Waals surface area (Å²) in [4.78, 5) is 53.8. The second-order valence-electron chi connectivity index (χ2n) is 13.2. The first-order chi connectivity index (χ1) is 22.0. The Balaban J connectivity index is 1.80. The highest BCUT2D eigenvalue weighted by Crippen LogP contribution is 2.47. The van der Waals surface area contributed by atoms with Crippen LogP contribution in [0.5, 0.6) is 11.5 Å². The van der Waals surface area contributed by atoms with Crippen LogP contribution in [0.2, 0.25) is 0 Å². The van der Waals surface area contributed by atoms with Gasteiger partial charge in [-0.15, -0.1) is 0 Å². The fourth-order valence-electron chi connectivity index (χ4n) is 6.44. The quantitative estimate of drug-likeness (QED) is 0.343. The predicted octanol–water partition coefficient (Wildman–Crippen LogP) is 4.33. The van der Waals surface area contributed by atoms with Crippen molar-refractivity contribution in [3.8, 4) is 11.5 Å². The van der Waals surface area contributed by atoms with E-state index in [9.17, 15) is 34.5 Å². The van der Waals surface area contributed by atoms with Crippen molar-refractivity contribution in [2.75, 3.05) is 7.11 Å². The zero-order chi connectivity index (χ0) is 35.1. The molecule has 4 aliphatic rings. The molecule has 0 saturated carbocycles. The smallest absolute Gasteiger partial charge is 0.312 e. The summed E-state index contributed by atoms with van der Waals surface area (Å²) in [6.45, 7) is 13.8. The largest absolute Gasteiger partial charge is 0.507 e. The number of carbonyl (C=O) groups is 4. The summed E-state index contributed by atoms with van der Waals surface area (Å²) >= 11 is 0. The number of aliphatic hydroxyl groups is 2. The number of allylic oxidation sites excluding steroid dienone is 4. The third kappa shape index (κ3) is 6.44. The summed E-state index contributed by atoms with van der Waals surface area (Å²) < 4.78 is 17.5. The van der Waals surface area contributed by atoms with Crippen molar-refractivity contribution in [2.24, 2.45) is 29.6 Å². The summed E-state index contributed by atoms with van der Waals surface area (Å²) in [6.07, 6.45) is 6.39. The lowest BCUT2D eigenvalue weighted by molar-refractivity contribution is -0.116. The minimum Gasteiger partial charge on any atom is -0.507 e. The number of methoxy groups -OCH3 is 1. The molecule has 0 radical (unpaired) electrons.